The number of ether oxygens (including phenoxy) is 2. The van der Waals surface area contributed by atoms with E-state index in [0.29, 0.717) is 29.3 Å². The Bertz CT molecular complexity index is 975. The van der Waals surface area contributed by atoms with Crippen molar-refractivity contribution in [3.05, 3.63) is 48.8 Å². The summed E-state index contributed by atoms with van der Waals surface area (Å²) in [5, 5.41) is 6.90. The van der Waals surface area contributed by atoms with E-state index in [1.54, 1.807) is 20.4 Å². The molecule has 0 bridgehead atoms. The first-order valence-corrected chi connectivity index (χ1v) is 10.3. The van der Waals surface area contributed by atoms with Gasteiger partial charge in [-0.3, -0.25) is 4.98 Å². The van der Waals surface area contributed by atoms with Crippen molar-refractivity contribution in [2.24, 2.45) is 0 Å². The van der Waals surface area contributed by atoms with Crippen LogP contribution < -0.4 is 20.1 Å². The molecule has 156 valence electrons. The Morgan fingerprint density at radius 1 is 0.933 bits per heavy atom. The number of hydrogen-bond donors (Lipinski definition) is 2. The smallest absolute Gasteiger partial charge is 0.225 e. The topological polar surface area (TPSA) is 81.2 Å². The Balaban J connectivity index is 1.65. The summed E-state index contributed by atoms with van der Waals surface area (Å²) in [7, 11) is 3.25. The second-order valence-electron chi connectivity index (χ2n) is 7.38. The Hall–Kier alpha value is -3.35. The highest BCUT2D eigenvalue weighted by Gasteiger charge is 2.16. The molecule has 1 aliphatic carbocycles. The molecule has 0 amide bonds. The molecule has 1 aromatic carbocycles. The van der Waals surface area contributed by atoms with Gasteiger partial charge in [-0.15, -0.1) is 0 Å². The highest BCUT2D eigenvalue weighted by molar-refractivity contribution is 5.68. The molecule has 30 heavy (non-hydrogen) atoms. The Morgan fingerprint density at radius 2 is 1.77 bits per heavy atom. The van der Waals surface area contributed by atoms with Gasteiger partial charge in [0.15, 0.2) is 11.5 Å². The van der Waals surface area contributed by atoms with Gasteiger partial charge in [0.05, 0.1) is 19.9 Å². The van der Waals surface area contributed by atoms with Crippen LogP contribution in [0.25, 0.3) is 11.3 Å². The van der Waals surface area contributed by atoms with Gasteiger partial charge in [-0.2, -0.15) is 4.98 Å². The average molecular weight is 406 g/mol. The number of rotatable bonds is 7. The summed E-state index contributed by atoms with van der Waals surface area (Å²) < 4.78 is 10.7. The Kier molecular flexibility index (Phi) is 6.27. The van der Waals surface area contributed by atoms with E-state index < -0.39 is 0 Å². The zero-order chi connectivity index (χ0) is 20.8. The van der Waals surface area contributed by atoms with Gasteiger partial charge in [-0.05, 0) is 37.1 Å². The van der Waals surface area contributed by atoms with Crippen LogP contribution in [0.5, 0.6) is 11.5 Å². The number of benzene rings is 1. The molecule has 0 saturated heterocycles. The van der Waals surface area contributed by atoms with Gasteiger partial charge >= 0.3 is 0 Å². The van der Waals surface area contributed by atoms with E-state index in [4.69, 9.17) is 19.4 Å². The SMILES string of the molecule is COc1ccc(Nc2cc(-c3cccnc3)nc(NC3CCCCC3)n2)cc1OC. The predicted octanol–water partition coefficient (Wildman–Crippen LogP) is 5.04. The molecule has 7 heteroatoms. The fourth-order valence-electron chi connectivity index (χ4n) is 3.73. The molecule has 1 aliphatic rings. The van der Waals surface area contributed by atoms with E-state index in [1.807, 2.05) is 42.6 Å². The van der Waals surface area contributed by atoms with Crippen LogP contribution in [0.2, 0.25) is 0 Å². The third-order valence-electron chi connectivity index (χ3n) is 5.28. The highest BCUT2D eigenvalue weighted by Crippen LogP contribution is 2.32. The van der Waals surface area contributed by atoms with Crippen LogP contribution in [-0.2, 0) is 0 Å². The molecule has 0 unspecified atom stereocenters. The normalized spacial score (nSPS) is 14.2. The second kappa shape index (κ2) is 9.43. The van der Waals surface area contributed by atoms with Crippen LogP contribution in [0, 0.1) is 0 Å². The lowest BCUT2D eigenvalue weighted by Crippen LogP contribution is -2.23. The lowest BCUT2D eigenvalue weighted by atomic mass is 9.96. The summed E-state index contributed by atoms with van der Waals surface area (Å²) in [6.07, 6.45) is 9.67. The number of nitrogens with one attached hydrogen (secondary N) is 2. The van der Waals surface area contributed by atoms with Crippen LogP contribution in [0.3, 0.4) is 0 Å². The molecule has 0 spiro atoms. The molecular weight excluding hydrogens is 378 g/mol. The standard InChI is InChI=1S/C23H27N5O2/c1-29-20-11-10-18(13-21(20)30-2)25-22-14-19(16-7-6-12-24-15-16)27-23(28-22)26-17-8-4-3-5-9-17/h6-7,10-15,17H,3-5,8-9H2,1-2H3,(H2,25,26,27,28). The number of nitrogens with zero attached hydrogens (tertiary/aromatic N) is 3. The molecule has 4 rings (SSSR count). The fraction of sp³-hybridized carbons (Fsp3) is 0.348. The molecule has 7 nitrogen and oxygen atoms in total. The largest absolute Gasteiger partial charge is 0.493 e. The van der Waals surface area contributed by atoms with Crippen LogP contribution in [0.1, 0.15) is 32.1 Å². The predicted molar refractivity (Wildman–Crippen MR) is 119 cm³/mol. The van der Waals surface area contributed by atoms with Crippen LogP contribution >= 0.6 is 0 Å². The van der Waals surface area contributed by atoms with Crippen molar-refractivity contribution in [3.63, 3.8) is 0 Å². The van der Waals surface area contributed by atoms with Crippen LogP contribution in [0.4, 0.5) is 17.5 Å². The maximum atomic E-state index is 5.41. The van der Waals surface area contributed by atoms with E-state index in [2.05, 4.69) is 15.6 Å². The minimum atomic E-state index is 0.414. The van der Waals surface area contributed by atoms with Gasteiger partial charge in [0.1, 0.15) is 5.82 Å². The van der Waals surface area contributed by atoms with E-state index in [0.717, 1.165) is 29.8 Å². The lowest BCUT2D eigenvalue weighted by Gasteiger charge is -2.23. The summed E-state index contributed by atoms with van der Waals surface area (Å²) in [6, 6.07) is 11.9. The fourth-order valence-corrected chi connectivity index (χ4v) is 3.73. The maximum absolute atomic E-state index is 5.41. The molecule has 0 atom stereocenters. The van der Waals surface area contributed by atoms with E-state index >= 15 is 0 Å². The van der Waals surface area contributed by atoms with Gasteiger partial charge < -0.3 is 20.1 Å². The zero-order valence-corrected chi connectivity index (χ0v) is 17.4. The summed E-state index contributed by atoms with van der Waals surface area (Å²) >= 11 is 0. The molecule has 0 aliphatic heterocycles. The first kappa shape index (κ1) is 19.9. The van der Waals surface area contributed by atoms with Crippen molar-refractivity contribution in [3.8, 4) is 22.8 Å². The summed E-state index contributed by atoms with van der Waals surface area (Å²) in [5.41, 5.74) is 2.62. The molecule has 2 aromatic heterocycles. The minimum absolute atomic E-state index is 0.414. The molecule has 3 aromatic rings. The number of hydrogen-bond acceptors (Lipinski definition) is 7. The molecular formula is C23H27N5O2. The Morgan fingerprint density at radius 3 is 2.50 bits per heavy atom. The van der Waals surface area contributed by atoms with Crippen molar-refractivity contribution in [1.82, 2.24) is 15.0 Å². The van der Waals surface area contributed by atoms with E-state index in [1.165, 1.54) is 19.3 Å². The maximum Gasteiger partial charge on any atom is 0.225 e. The first-order valence-electron chi connectivity index (χ1n) is 10.3. The minimum Gasteiger partial charge on any atom is -0.493 e. The second-order valence-corrected chi connectivity index (χ2v) is 7.38. The van der Waals surface area contributed by atoms with Gasteiger partial charge in [-0.1, -0.05) is 19.3 Å². The van der Waals surface area contributed by atoms with Crippen molar-refractivity contribution >= 4 is 17.5 Å². The summed E-state index contributed by atoms with van der Waals surface area (Å²) in [6.45, 7) is 0. The van der Waals surface area contributed by atoms with Gasteiger partial charge in [0.2, 0.25) is 5.95 Å². The highest BCUT2D eigenvalue weighted by atomic mass is 16.5. The molecule has 2 heterocycles. The van der Waals surface area contributed by atoms with Crippen molar-refractivity contribution < 1.29 is 9.47 Å². The third-order valence-corrected chi connectivity index (χ3v) is 5.28. The first-order chi connectivity index (χ1) is 14.7. The number of pyridine rings is 1. The van der Waals surface area contributed by atoms with Crippen molar-refractivity contribution in [2.75, 3.05) is 24.9 Å². The number of aromatic nitrogens is 3. The van der Waals surface area contributed by atoms with E-state index in [9.17, 15) is 0 Å². The van der Waals surface area contributed by atoms with Gasteiger partial charge in [0, 0.05) is 41.8 Å². The van der Waals surface area contributed by atoms with Crippen LogP contribution in [0.15, 0.2) is 48.8 Å². The van der Waals surface area contributed by atoms with Gasteiger partial charge in [-0.25, -0.2) is 4.98 Å². The van der Waals surface area contributed by atoms with Gasteiger partial charge in [0.25, 0.3) is 0 Å². The van der Waals surface area contributed by atoms with Crippen LogP contribution in [-0.4, -0.2) is 35.2 Å². The zero-order valence-electron chi connectivity index (χ0n) is 17.4. The lowest BCUT2D eigenvalue weighted by molar-refractivity contribution is 0.355. The Labute approximate surface area is 176 Å². The number of anilines is 3. The quantitative estimate of drug-likeness (QED) is 0.570. The van der Waals surface area contributed by atoms with Crippen molar-refractivity contribution in [2.45, 2.75) is 38.1 Å². The monoisotopic (exact) mass is 405 g/mol. The third kappa shape index (κ3) is 4.79. The molecule has 2 N–H and O–H groups in total. The molecule has 0 radical (unpaired) electrons. The molecule has 1 saturated carbocycles. The summed E-state index contributed by atoms with van der Waals surface area (Å²) in [5.74, 6) is 2.67. The average Bonchev–Trinajstić information content (AvgIpc) is 2.80. The molecule has 1 fully saturated rings. The number of methoxy groups -OCH3 is 2. The van der Waals surface area contributed by atoms with Crippen molar-refractivity contribution in [1.29, 1.82) is 0 Å². The van der Waals surface area contributed by atoms with E-state index in [-0.39, 0.29) is 0 Å². The summed E-state index contributed by atoms with van der Waals surface area (Å²) in [4.78, 5) is 13.7.